The van der Waals surface area contributed by atoms with Crippen molar-refractivity contribution >= 4 is 23.3 Å². The van der Waals surface area contributed by atoms with Crippen LogP contribution in [0, 0.1) is 18.6 Å². The number of carbonyl (C=O) groups is 2. The summed E-state index contributed by atoms with van der Waals surface area (Å²) in [5, 5.41) is 5.89. The van der Waals surface area contributed by atoms with E-state index in [1.807, 2.05) is 44.2 Å². The van der Waals surface area contributed by atoms with Gasteiger partial charge in [0.15, 0.2) is 11.4 Å². The van der Waals surface area contributed by atoms with Crippen molar-refractivity contribution < 1.29 is 32.6 Å². The van der Waals surface area contributed by atoms with Gasteiger partial charge in [-0.1, -0.05) is 49.7 Å². The maximum atomic E-state index is 14.4. The van der Waals surface area contributed by atoms with Gasteiger partial charge in [0.05, 0.1) is 35.7 Å². The molecule has 3 heterocycles. The van der Waals surface area contributed by atoms with Crippen LogP contribution in [0.25, 0.3) is 5.65 Å². The van der Waals surface area contributed by atoms with E-state index in [0.717, 1.165) is 17.7 Å². The van der Waals surface area contributed by atoms with Crippen molar-refractivity contribution in [3.63, 3.8) is 0 Å². The molecule has 1 atom stereocenters. The lowest BCUT2D eigenvalue weighted by Gasteiger charge is -2.30. The third-order valence-electron chi connectivity index (χ3n) is 7.93. The standard InChI is InChI=1S/C34H39F2N5O5/c1-4-13-34(3,39-33(43)46-20-24-9-6-5-7-10-24)22-37-32(42)30-23(2)38-31-29(45-21-26-27(35)11-8-12-28(26)36)18-25(19-41(30)31)40-14-16-44-17-15-40/h5-12,18-19H,4,13-17,20-22H2,1-3H3,(H,37,42)(H,39,43). The number of alkyl carbamates (subject to hydrolysis) is 1. The number of amides is 2. The highest BCUT2D eigenvalue weighted by molar-refractivity contribution is 5.95. The molecule has 2 aromatic carbocycles. The zero-order chi connectivity index (χ0) is 32.7. The summed E-state index contributed by atoms with van der Waals surface area (Å²) >= 11 is 0. The normalized spacial score (nSPS) is 14.5. The number of nitrogens with zero attached hydrogens (tertiary/aromatic N) is 3. The van der Waals surface area contributed by atoms with Gasteiger partial charge >= 0.3 is 6.09 Å². The number of hydrogen-bond donors (Lipinski definition) is 2. The molecule has 2 N–H and O–H groups in total. The van der Waals surface area contributed by atoms with E-state index >= 15 is 0 Å². The van der Waals surface area contributed by atoms with E-state index in [9.17, 15) is 18.4 Å². The molecule has 244 valence electrons. The molecule has 5 rings (SSSR count). The lowest BCUT2D eigenvalue weighted by atomic mass is 9.96. The van der Waals surface area contributed by atoms with Crippen molar-refractivity contribution in [2.75, 3.05) is 37.7 Å². The van der Waals surface area contributed by atoms with Crippen LogP contribution in [0.1, 0.15) is 54.0 Å². The summed E-state index contributed by atoms with van der Waals surface area (Å²) in [5.74, 6) is -1.57. The average Bonchev–Trinajstić information content (AvgIpc) is 3.39. The van der Waals surface area contributed by atoms with Crippen molar-refractivity contribution in [1.82, 2.24) is 20.0 Å². The maximum Gasteiger partial charge on any atom is 0.407 e. The van der Waals surface area contributed by atoms with E-state index < -0.39 is 29.2 Å². The van der Waals surface area contributed by atoms with Crippen LogP contribution in [-0.2, 0) is 22.7 Å². The third kappa shape index (κ3) is 7.74. The highest BCUT2D eigenvalue weighted by Gasteiger charge is 2.29. The number of benzene rings is 2. The number of morpholine rings is 1. The van der Waals surface area contributed by atoms with Gasteiger partial charge < -0.3 is 29.7 Å². The van der Waals surface area contributed by atoms with Crippen LogP contribution in [-0.4, -0.2) is 59.8 Å². The number of nitrogens with one attached hydrogen (secondary N) is 2. The van der Waals surface area contributed by atoms with Crippen LogP contribution < -0.4 is 20.3 Å². The molecular formula is C34H39F2N5O5. The highest BCUT2D eigenvalue weighted by Crippen LogP contribution is 2.30. The minimum absolute atomic E-state index is 0.127. The number of aryl methyl sites for hydroxylation is 1. The highest BCUT2D eigenvalue weighted by atomic mass is 19.1. The Morgan fingerprint density at radius 3 is 2.46 bits per heavy atom. The van der Waals surface area contributed by atoms with Gasteiger partial charge in [0, 0.05) is 31.9 Å². The second-order valence-corrected chi connectivity index (χ2v) is 11.6. The SMILES string of the molecule is CCCC(C)(CNC(=O)c1c(C)nc2c(OCc3c(F)cccc3F)cc(N3CCOCC3)cn12)NC(=O)OCc1ccccc1. The lowest BCUT2D eigenvalue weighted by molar-refractivity contribution is 0.0921. The summed E-state index contributed by atoms with van der Waals surface area (Å²) in [5.41, 5.74) is 1.65. The fourth-order valence-electron chi connectivity index (χ4n) is 5.52. The molecule has 2 aromatic heterocycles. The zero-order valence-electron chi connectivity index (χ0n) is 26.3. The van der Waals surface area contributed by atoms with Crippen LogP contribution in [0.15, 0.2) is 60.8 Å². The van der Waals surface area contributed by atoms with E-state index in [1.165, 1.54) is 18.2 Å². The Labute approximate surface area is 266 Å². The molecule has 0 spiro atoms. The van der Waals surface area contributed by atoms with Crippen LogP contribution >= 0.6 is 0 Å². The quantitative estimate of drug-likeness (QED) is 0.210. The monoisotopic (exact) mass is 635 g/mol. The first-order chi connectivity index (χ1) is 22.2. The Kier molecular flexibility index (Phi) is 10.4. The van der Waals surface area contributed by atoms with Gasteiger partial charge in [0.2, 0.25) is 0 Å². The first-order valence-electron chi connectivity index (χ1n) is 15.4. The van der Waals surface area contributed by atoms with Gasteiger partial charge in [-0.05, 0) is 38.0 Å². The Hall–Kier alpha value is -4.71. The lowest BCUT2D eigenvalue weighted by Crippen LogP contribution is -2.53. The Bertz CT molecular complexity index is 1660. The first-order valence-corrected chi connectivity index (χ1v) is 15.4. The number of pyridine rings is 1. The summed E-state index contributed by atoms with van der Waals surface area (Å²) in [7, 11) is 0. The second-order valence-electron chi connectivity index (χ2n) is 11.6. The number of aromatic nitrogens is 2. The van der Waals surface area contributed by atoms with Crippen molar-refractivity contribution in [3.8, 4) is 5.75 Å². The number of hydrogen-bond acceptors (Lipinski definition) is 7. The molecule has 1 saturated heterocycles. The topological polar surface area (TPSA) is 106 Å². The number of halogens is 2. The van der Waals surface area contributed by atoms with Gasteiger partial charge in [-0.3, -0.25) is 9.20 Å². The van der Waals surface area contributed by atoms with Gasteiger partial charge in [-0.15, -0.1) is 0 Å². The summed E-state index contributed by atoms with van der Waals surface area (Å²) in [6.45, 7) is 7.74. The fraction of sp³-hybridized carbons (Fsp3) is 0.382. The summed E-state index contributed by atoms with van der Waals surface area (Å²) in [4.78, 5) is 33.2. The van der Waals surface area contributed by atoms with Gasteiger partial charge in [-0.2, -0.15) is 0 Å². The summed E-state index contributed by atoms with van der Waals surface area (Å²) < 4.78 is 47.3. The van der Waals surface area contributed by atoms with Crippen molar-refractivity contribution in [2.45, 2.75) is 52.4 Å². The van der Waals surface area contributed by atoms with Crippen molar-refractivity contribution in [1.29, 1.82) is 0 Å². The molecule has 0 bridgehead atoms. The number of fused-ring (bicyclic) bond motifs is 1. The average molecular weight is 636 g/mol. The van der Waals surface area contributed by atoms with Crippen molar-refractivity contribution in [3.05, 3.63) is 94.9 Å². The van der Waals surface area contributed by atoms with Gasteiger partial charge in [-0.25, -0.2) is 18.6 Å². The van der Waals surface area contributed by atoms with Crippen molar-refractivity contribution in [2.24, 2.45) is 0 Å². The molecule has 1 aliphatic heterocycles. The largest absolute Gasteiger partial charge is 0.485 e. The maximum absolute atomic E-state index is 14.4. The van der Waals surface area contributed by atoms with E-state index in [1.54, 1.807) is 23.6 Å². The van der Waals surface area contributed by atoms with E-state index in [-0.39, 0.29) is 36.8 Å². The van der Waals surface area contributed by atoms with Gasteiger partial charge in [0.1, 0.15) is 30.5 Å². The van der Waals surface area contributed by atoms with Crippen LogP contribution in [0.4, 0.5) is 19.3 Å². The molecule has 4 aromatic rings. The van der Waals surface area contributed by atoms with Crippen LogP contribution in [0.2, 0.25) is 0 Å². The molecule has 1 fully saturated rings. The summed E-state index contributed by atoms with van der Waals surface area (Å²) in [6, 6.07) is 14.8. The molecule has 1 unspecified atom stereocenters. The minimum Gasteiger partial charge on any atom is -0.485 e. The van der Waals surface area contributed by atoms with E-state index in [0.29, 0.717) is 44.1 Å². The molecule has 46 heavy (non-hydrogen) atoms. The summed E-state index contributed by atoms with van der Waals surface area (Å²) in [6.07, 6.45) is 2.57. The second kappa shape index (κ2) is 14.6. The number of imidazole rings is 1. The zero-order valence-corrected chi connectivity index (χ0v) is 26.3. The van der Waals surface area contributed by atoms with Crippen LogP contribution in [0.3, 0.4) is 0 Å². The molecule has 0 saturated carbocycles. The molecule has 10 nitrogen and oxygen atoms in total. The minimum atomic E-state index is -0.788. The predicted octanol–water partition coefficient (Wildman–Crippen LogP) is 5.55. The first kappa shape index (κ1) is 32.7. The number of rotatable bonds is 12. The Balaban J connectivity index is 1.37. The molecule has 12 heteroatoms. The third-order valence-corrected chi connectivity index (χ3v) is 7.93. The smallest absolute Gasteiger partial charge is 0.407 e. The number of ether oxygens (including phenoxy) is 3. The molecule has 0 radical (unpaired) electrons. The molecule has 1 aliphatic rings. The predicted molar refractivity (Wildman–Crippen MR) is 169 cm³/mol. The molecule has 2 amide bonds. The Morgan fingerprint density at radius 2 is 1.76 bits per heavy atom. The number of anilines is 1. The van der Waals surface area contributed by atoms with Crippen LogP contribution in [0.5, 0.6) is 5.75 Å². The fourth-order valence-corrected chi connectivity index (χ4v) is 5.52. The molecule has 0 aliphatic carbocycles. The van der Waals surface area contributed by atoms with Gasteiger partial charge in [0.25, 0.3) is 5.91 Å². The van der Waals surface area contributed by atoms with E-state index in [4.69, 9.17) is 14.2 Å². The Morgan fingerprint density at radius 1 is 1.04 bits per heavy atom. The van der Waals surface area contributed by atoms with E-state index in [2.05, 4.69) is 20.5 Å². The molecular weight excluding hydrogens is 596 g/mol. The number of carbonyl (C=O) groups excluding carboxylic acids is 2.